The number of carboxylic acid groups (broad SMARTS) is 1. The fraction of sp³-hybridized carbons (Fsp3) is 0.696. The Hall–Kier alpha value is -1.89. The number of nitrogens with one attached hydrogen (secondary N) is 1. The fourth-order valence-corrected chi connectivity index (χ4v) is 7.27. The van der Waals surface area contributed by atoms with Crippen LogP contribution in [0.5, 0.6) is 0 Å². The number of amides is 1. The van der Waals surface area contributed by atoms with Crippen LogP contribution in [0.2, 0.25) is 0 Å². The van der Waals surface area contributed by atoms with E-state index in [1.807, 2.05) is 0 Å². The van der Waals surface area contributed by atoms with Crippen molar-refractivity contribution >= 4 is 34.2 Å². The largest absolute Gasteiger partial charge is 0.481 e. The topological polar surface area (TPSA) is 92.7 Å². The molecule has 6 nitrogen and oxygen atoms in total. The van der Waals surface area contributed by atoms with Crippen LogP contribution < -0.4 is 5.32 Å². The van der Waals surface area contributed by atoms with Crippen molar-refractivity contribution in [3.05, 3.63) is 16.0 Å². The molecule has 1 heterocycles. The minimum atomic E-state index is -0.881. The molecule has 1 amide bonds. The first-order valence-electron chi connectivity index (χ1n) is 10.9. The number of methoxy groups -OCH3 is 1. The van der Waals surface area contributed by atoms with Crippen LogP contribution in [0.1, 0.15) is 67.3 Å². The minimum Gasteiger partial charge on any atom is -0.481 e. The standard InChI is InChI=1S/C23H31NO5S/c1-23(2,3)13-7-8-14-15(10-13)30-20(18(14)22(28)29-4)24-19(25)16-11-5-6-12(9-11)17(16)21(26)27/h11-13,16-17H,5-10H2,1-4H3,(H,24,25)(H,26,27)/t11-,12+,13-,16-,17+/m1/s1. The SMILES string of the molecule is COC(=O)c1c(NC(=O)[C@@H]2[C@@H]3CC[C@@H](C3)[C@@H]2C(=O)O)sc2c1CC[C@@H](C(C)(C)C)C2. The van der Waals surface area contributed by atoms with Gasteiger partial charge in [0.25, 0.3) is 0 Å². The van der Waals surface area contributed by atoms with Gasteiger partial charge >= 0.3 is 11.9 Å². The van der Waals surface area contributed by atoms with E-state index in [0.29, 0.717) is 16.5 Å². The number of anilines is 1. The van der Waals surface area contributed by atoms with Crippen LogP contribution >= 0.6 is 11.3 Å². The zero-order valence-electron chi connectivity index (χ0n) is 18.1. The number of esters is 1. The lowest BCUT2D eigenvalue weighted by molar-refractivity contribution is -0.148. The molecule has 3 aliphatic rings. The van der Waals surface area contributed by atoms with Crippen LogP contribution in [0.4, 0.5) is 5.00 Å². The Labute approximate surface area is 181 Å². The third kappa shape index (κ3) is 3.55. The molecule has 0 aromatic carbocycles. The molecule has 2 saturated carbocycles. The van der Waals surface area contributed by atoms with Gasteiger partial charge in [-0.05, 0) is 67.3 Å². The predicted molar refractivity (Wildman–Crippen MR) is 115 cm³/mol. The minimum absolute atomic E-state index is 0.0902. The van der Waals surface area contributed by atoms with Crippen molar-refractivity contribution < 1.29 is 24.2 Å². The zero-order valence-corrected chi connectivity index (χ0v) is 18.9. The molecule has 0 saturated heterocycles. The summed E-state index contributed by atoms with van der Waals surface area (Å²) in [5.74, 6) is -1.98. The second-order valence-electron chi connectivity index (χ2n) is 10.2. The van der Waals surface area contributed by atoms with Crippen LogP contribution in [0.15, 0.2) is 0 Å². The Morgan fingerprint density at radius 2 is 1.77 bits per heavy atom. The van der Waals surface area contributed by atoms with Gasteiger partial charge in [-0.1, -0.05) is 20.8 Å². The highest BCUT2D eigenvalue weighted by Crippen LogP contribution is 2.53. The molecule has 0 radical (unpaired) electrons. The van der Waals surface area contributed by atoms with E-state index >= 15 is 0 Å². The van der Waals surface area contributed by atoms with E-state index in [-0.39, 0.29) is 23.2 Å². The molecule has 1 aromatic heterocycles. The molecular formula is C23H31NO5S. The third-order valence-corrected chi connectivity index (χ3v) is 8.79. The highest BCUT2D eigenvalue weighted by molar-refractivity contribution is 7.17. The number of thiophene rings is 1. The lowest BCUT2D eigenvalue weighted by Gasteiger charge is -2.33. The summed E-state index contributed by atoms with van der Waals surface area (Å²) < 4.78 is 5.03. The Bertz CT molecular complexity index is 883. The van der Waals surface area contributed by atoms with Crippen molar-refractivity contribution in [3.8, 4) is 0 Å². The van der Waals surface area contributed by atoms with Crippen molar-refractivity contribution in [1.29, 1.82) is 0 Å². The number of carbonyl (C=O) groups is 3. The van der Waals surface area contributed by atoms with Crippen molar-refractivity contribution in [3.63, 3.8) is 0 Å². The quantitative estimate of drug-likeness (QED) is 0.688. The van der Waals surface area contributed by atoms with Gasteiger partial charge in [-0.15, -0.1) is 11.3 Å². The molecule has 2 N–H and O–H groups in total. The van der Waals surface area contributed by atoms with E-state index in [1.165, 1.54) is 18.4 Å². The van der Waals surface area contributed by atoms with Crippen LogP contribution in [0.25, 0.3) is 0 Å². The zero-order chi connectivity index (χ0) is 21.8. The summed E-state index contributed by atoms with van der Waals surface area (Å²) in [4.78, 5) is 38.7. The molecule has 2 fully saturated rings. The Balaban J connectivity index is 1.63. The number of ether oxygens (including phenoxy) is 1. The summed E-state index contributed by atoms with van der Waals surface area (Å²) in [6, 6.07) is 0. The molecular weight excluding hydrogens is 402 g/mol. The average molecular weight is 434 g/mol. The molecule has 0 unspecified atom stereocenters. The lowest BCUT2D eigenvalue weighted by Crippen LogP contribution is -2.38. The fourth-order valence-electron chi connectivity index (χ4n) is 5.95. The van der Waals surface area contributed by atoms with Gasteiger partial charge < -0.3 is 15.2 Å². The molecule has 5 atom stereocenters. The highest BCUT2D eigenvalue weighted by atomic mass is 32.1. The smallest absolute Gasteiger partial charge is 0.341 e. The number of carboxylic acids is 1. The maximum atomic E-state index is 13.2. The van der Waals surface area contributed by atoms with Crippen molar-refractivity contribution in [2.75, 3.05) is 12.4 Å². The highest BCUT2D eigenvalue weighted by Gasteiger charge is 2.54. The molecule has 1 aromatic rings. The van der Waals surface area contributed by atoms with Crippen LogP contribution in [-0.4, -0.2) is 30.1 Å². The first kappa shape index (κ1) is 21.3. The molecule has 4 rings (SSSR count). The van der Waals surface area contributed by atoms with Crippen LogP contribution in [0, 0.1) is 35.0 Å². The van der Waals surface area contributed by atoms with Crippen LogP contribution in [0.3, 0.4) is 0 Å². The molecule has 2 bridgehead atoms. The molecule has 0 spiro atoms. The predicted octanol–water partition coefficient (Wildman–Crippen LogP) is 4.37. The number of hydrogen-bond donors (Lipinski definition) is 2. The van der Waals surface area contributed by atoms with Gasteiger partial charge in [-0.25, -0.2) is 4.79 Å². The number of hydrogen-bond acceptors (Lipinski definition) is 5. The van der Waals surface area contributed by atoms with Gasteiger partial charge in [0.1, 0.15) is 5.00 Å². The first-order valence-corrected chi connectivity index (χ1v) is 11.7. The van der Waals surface area contributed by atoms with Crippen LogP contribution in [-0.2, 0) is 27.2 Å². The van der Waals surface area contributed by atoms with E-state index in [4.69, 9.17) is 4.74 Å². The lowest BCUT2D eigenvalue weighted by atomic mass is 9.72. The molecule has 3 aliphatic carbocycles. The number of fused-ring (bicyclic) bond motifs is 3. The number of rotatable bonds is 4. The van der Waals surface area contributed by atoms with E-state index in [9.17, 15) is 19.5 Å². The summed E-state index contributed by atoms with van der Waals surface area (Å²) in [6.07, 6.45) is 5.28. The Kier molecular flexibility index (Phi) is 5.45. The van der Waals surface area contributed by atoms with Gasteiger partial charge in [0, 0.05) is 4.88 Å². The first-order chi connectivity index (χ1) is 14.1. The summed E-state index contributed by atoms with van der Waals surface area (Å²) in [7, 11) is 1.36. The van der Waals surface area contributed by atoms with Gasteiger partial charge in [0.05, 0.1) is 24.5 Å². The maximum Gasteiger partial charge on any atom is 0.341 e. The van der Waals surface area contributed by atoms with E-state index in [1.54, 1.807) is 0 Å². The van der Waals surface area contributed by atoms with E-state index in [0.717, 1.165) is 49.0 Å². The van der Waals surface area contributed by atoms with Crippen molar-refractivity contribution in [2.45, 2.75) is 59.3 Å². The molecule has 7 heteroatoms. The Morgan fingerprint density at radius 3 is 2.37 bits per heavy atom. The normalized spacial score (nSPS) is 30.1. The van der Waals surface area contributed by atoms with Gasteiger partial charge in [-0.3, -0.25) is 9.59 Å². The second-order valence-corrected chi connectivity index (χ2v) is 11.3. The van der Waals surface area contributed by atoms with Crippen molar-refractivity contribution in [2.24, 2.45) is 35.0 Å². The second kappa shape index (κ2) is 7.66. The summed E-state index contributed by atoms with van der Waals surface area (Å²) in [6.45, 7) is 6.71. The monoisotopic (exact) mass is 433 g/mol. The van der Waals surface area contributed by atoms with E-state index in [2.05, 4.69) is 26.1 Å². The van der Waals surface area contributed by atoms with Gasteiger partial charge in [0.2, 0.25) is 5.91 Å². The van der Waals surface area contributed by atoms with Crippen molar-refractivity contribution in [1.82, 2.24) is 0 Å². The Morgan fingerprint density at radius 1 is 1.10 bits per heavy atom. The summed E-state index contributed by atoms with van der Waals surface area (Å²) in [5, 5.41) is 13.2. The number of carbonyl (C=O) groups excluding carboxylic acids is 2. The number of aliphatic carboxylic acids is 1. The van der Waals surface area contributed by atoms with E-state index < -0.39 is 23.8 Å². The summed E-state index contributed by atoms with van der Waals surface area (Å²) in [5.41, 5.74) is 1.63. The average Bonchev–Trinajstić information content (AvgIpc) is 3.38. The maximum absolute atomic E-state index is 13.2. The molecule has 30 heavy (non-hydrogen) atoms. The third-order valence-electron chi connectivity index (χ3n) is 7.62. The van der Waals surface area contributed by atoms with Gasteiger partial charge in [-0.2, -0.15) is 0 Å². The molecule has 164 valence electrons. The van der Waals surface area contributed by atoms with Gasteiger partial charge in [0.15, 0.2) is 0 Å². The molecule has 0 aliphatic heterocycles. The summed E-state index contributed by atoms with van der Waals surface area (Å²) >= 11 is 1.46.